The second-order valence-corrected chi connectivity index (χ2v) is 6.59. The Bertz CT molecular complexity index is 774. The number of hydrogen-bond donors (Lipinski definition) is 1. The Labute approximate surface area is 149 Å². The van der Waals surface area contributed by atoms with Crippen LogP contribution in [-0.4, -0.2) is 42.4 Å². The van der Waals surface area contributed by atoms with E-state index in [9.17, 15) is 0 Å². The van der Waals surface area contributed by atoms with Gasteiger partial charge in [0.1, 0.15) is 10.8 Å². The van der Waals surface area contributed by atoms with Crippen LogP contribution in [-0.2, 0) is 4.74 Å². The molecule has 0 amide bonds. The summed E-state index contributed by atoms with van der Waals surface area (Å²) in [4.78, 5) is 10.3. The maximum Gasteiger partial charge on any atom is 0.224 e. The topological polar surface area (TPSA) is 59.5 Å². The number of ether oxygens (including phenoxy) is 2. The van der Waals surface area contributed by atoms with Crippen molar-refractivity contribution in [3.05, 3.63) is 34.7 Å². The van der Waals surface area contributed by atoms with Crippen molar-refractivity contribution in [2.75, 3.05) is 30.5 Å². The Morgan fingerprint density at radius 1 is 1.38 bits per heavy atom. The number of halogens is 2. The second kappa shape index (κ2) is 6.27. The first-order valence-electron chi connectivity index (χ1n) is 7.65. The van der Waals surface area contributed by atoms with E-state index < -0.39 is 0 Å². The average Bonchev–Trinajstić information content (AvgIpc) is 3.21. The van der Waals surface area contributed by atoms with E-state index in [0.29, 0.717) is 28.7 Å². The molecule has 2 aliphatic rings. The molecule has 0 aliphatic carbocycles. The number of nitrogens with zero attached hydrogens (tertiary/aromatic N) is 3. The number of nitrogens with one attached hydrogen (secondary N) is 1. The molecule has 1 N–H and O–H groups in total. The summed E-state index contributed by atoms with van der Waals surface area (Å²) in [5, 5.41) is 3.67. The summed E-state index contributed by atoms with van der Waals surface area (Å²) in [5.41, 5.74) is 1.89. The fourth-order valence-electron chi connectivity index (χ4n) is 3.24. The molecule has 2 fully saturated rings. The van der Waals surface area contributed by atoms with Gasteiger partial charge in [0.2, 0.25) is 5.28 Å². The molecule has 2 aliphatic heterocycles. The zero-order valence-corrected chi connectivity index (χ0v) is 14.5. The summed E-state index contributed by atoms with van der Waals surface area (Å²) in [7, 11) is 1.64. The number of fused-ring (bicyclic) bond motifs is 2. The Hall–Kier alpha value is -1.76. The van der Waals surface area contributed by atoms with E-state index in [1.165, 1.54) is 6.20 Å². The van der Waals surface area contributed by atoms with Crippen molar-refractivity contribution in [1.29, 1.82) is 0 Å². The number of hydrogen-bond acceptors (Lipinski definition) is 6. The number of rotatable bonds is 4. The Kier molecular flexibility index (Phi) is 4.12. The molecule has 24 heavy (non-hydrogen) atoms. The molecule has 6 nitrogen and oxygen atoms in total. The molecular formula is C16H16Cl2N4O2. The van der Waals surface area contributed by atoms with Gasteiger partial charge in [-0.2, -0.15) is 4.98 Å². The Morgan fingerprint density at radius 2 is 2.25 bits per heavy atom. The van der Waals surface area contributed by atoms with Crippen LogP contribution < -0.4 is 15.0 Å². The quantitative estimate of drug-likeness (QED) is 0.835. The first kappa shape index (κ1) is 15.7. The third-order valence-corrected chi connectivity index (χ3v) is 4.84. The third kappa shape index (κ3) is 2.85. The molecule has 2 saturated heterocycles. The number of methoxy groups -OCH3 is 1. The highest BCUT2D eigenvalue weighted by molar-refractivity contribution is 6.33. The van der Waals surface area contributed by atoms with Gasteiger partial charge < -0.3 is 19.7 Å². The second-order valence-electron chi connectivity index (χ2n) is 5.84. The van der Waals surface area contributed by atoms with E-state index in [0.717, 1.165) is 30.9 Å². The van der Waals surface area contributed by atoms with Crippen LogP contribution in [0.4, 0.5) is 17.2 Å². The van der Waals surface area contributed by atoms with Gasteiger partial charge in [-0.15, -0.1) is 0 Å². The molecular weight excluding hydrogens is 351 g/mol. The zero-order chi connectivity index (χ0) is 16.7. The number of anilines is 3. The van der Waals surface area contributed by atoms with Gasteiger partial charge in [-0.1, -0.05) is 11.6 Å². The van der Waals surface area contributed by atoms with E-state index in [1.54, 1.807) is 7.11 Å². The monoisotopic (exact) mass is 366 g/mol. The van der Waals surface area contributed by atoms with Gasteiger partial charge in [0.15, 0.2) is 5.82 Å². The van der Waals surface area contributed by atoms with E-state index in [-0.39, 0.29) is 5.28 Å². The van der Waals surface area contributed by atoms with Gasteiger partial charge in [-0.3, -0.25) is 0 Å². The van der Waals surface area contributed by atoms with E-state index in [2.05, 4.69) is 26.3 Å². The van der Waals surface area contributed by atoms with Crippen LogP contribution in [0.3, 0.4) is 0 Å². The molecule has 2 aromatic rings. The largest absolute Gasteiger partial charge is 0.494 e. The van der Waals surface area contributed by atoms with Crippen LogP contribution in [0.5, 0.6) is 5.75 Å². The molecule has 0 spiro atoms. The summed E-state index contributed by atoms with van der Waals surface area (Å²) in [5.74, 6) is 1.15. The molecule has 4 rings (SSSR count). The molecule has 1 aromatic carbocycles. The molecule has 2 atom stereocenters. The summed E-state index contributed by atoms with van der Waals surface area (Å²) in [6.45, 7) is 1.72. The minimum atomic E-state index is 0.130. The maximum absolute atomic E-state index is 6.11. The minimum Gasteiger partial charge on any atom is -0.494 e. The standard InChI is InChI=1S/C16H16Cl2N4O2/c1-23-14-5-9(22-7-11-4-10(22)8-24-11)2-3-13(14)20-15-12(17)6-19-16(18)21-15/h2-3,5-6,10-11H,4,7-8H2,1H3,(H,19,20,21). The lowest BCUT2D eigenvalue weighted by atomic mass is 10.2. The van der Waals surface area contributed by atoms with Gasteiger partial charge in [-0.25, -0.2) is 4.98 Å². The van der Waals surface area contributed by atoms with Gasteiger partial charge >= 0.3 is 0 Å². The average molecular weight is 367 g/mol. The SMILES string of the molecule is COc1cc(N2CC3CC2CO3)ccc1Nc1nc(Cl)ncc1Cl. The van der Waals surface area contributed by atoms with Crippen molar-refractivity contribution in [2.24, 2.45) is 0 Å². The highest BCUT2D eigenvalue weighted by Gasteiger charge is 2.39. The summed E-state index contributed by atoms with van der Waals surface area (Å²) in [6, 6.07) is 6.48. The lowest BCUT2D eigenvalue weighted by Gasteiger charge is -2.29. The smallest absolute Gasteiger partial charge is 0.224 e. The molecule has 0 radical (unpaired) electrons. The highest BCUT2D eigenvalue weighted by atomic mass is 35.5. The lowest BCUT2D eigenvalue weighted by Crippen LogP contribution is -2.36. The molecule has 8 heteroatoms. The van der Waals surface area contributed by atoms with Crippen molar-refractivity contribution >= 4 is 40.4 Å². The molecule has 1 aromatic heterocycles. The van der Waals surface area contributed by atoms with Crippen molar-refractivity contribution in [2.45, 2.75) is 18.6 Å². The normalized spacial score (nSPS) is 22.0. The van der Waals surface area contributed by atoms with Gasteiger partial charge in [-0.05, 0) is 30.2 Å². The number of morpholine rings is 1. The number of aromatic nitrogens is 2. The molecule has 0 saturated carbocycles. The van der Waals surface area contributed by atoms with Crippen LogP contribution in [0.15, 0.2) is 24.4 Å². The van der Waals surface area contributed by atoms with E-state index >= 15 is 0 Å². The van der Waals surface area contributed by atoms with Crippen LogP contribution in [0.2, 0.25) is 10.3 Å². The third-order valence-electron chi connectivity index (χ3n) is 4.38. The lowest BCUT2D eigenvalue weighted by molar-refractivity contribution is 0.0991. The summed E-state index contributed by atoms with van der Waals surface area (Å²) in [6.07, 6.45) is 2.90. The predicted molar refractivity (Wildman–Crippen MR) is 93.8 cm³/mol. The minimum absolute atomic E-state index is 0.130. The van der Waals surface area contributed by atoms with E-state index in [4.69, 9.17) is 32.7 Å². The predicted octanol–water partition coefficient (Wildman–Crippen LogP) is 3.51. The van der Waals surface area contributed by atoms with Crippen molar-refractivity contribution in [3.8, 4) is 5.75 Å². The fourth-order valence-corrected chi connectivity index (χ4v) is 3.51. The number of benzene rings is 1. The van der Waals surface area contributed by atoms with Crippen LogP contribution in [0.25, 0.3) is 0 Å². The van der Waals surface area contributed by atoms with Gasteiger partial charge in [0, 0.05) is 18.3 Å². The molecule has 126 valence electrons. The van der Waals surface area contributed by atoms with Crippen LogP contribution in [0.1, 0.15) is 6.42 Å². The van der Waals surface area contributed by atoms with E-state index in [1.807, 2.05) is 12.1 Å². The molecule has 3 heterocycles. The fraction of sp³-hybridized carbons (Fsp3) is 0.375. The van der Waals surface area contributed by atoms with Crippen molar-refractivity contribution < 1.29 is 9.47 Å². The first-order chi connectivity index (χ1) is 11.6. The summed E-state index contributed by atoms with van der Waals surface area (Å²) < 4.78 is 11.2. The zero-order valence-electron chi connectivity index (χ0n) is 13.0. The van der Waals surface area contributed by atoms with Gasteiger partial charge in [0.25, 0.3) is 0 Å². The van der Waals surface area contributed by atoms with Gasteiger partial charge in [0.05, 0.1) is 37.7 Å². The molecule has 2 bridgehead atoms. The first-order valence-corrected chi connectivity index (χ1v) is 8.41. The van der Waals surface area contributed by atoms with Crippen molar-refractivity contribution in [3.63, 3.8) is 0 Å². The van der Waals surface area contributed by atoms with Crippen LogP contribution in [0, 0.1) is 0 Å². The Morgan fingerprint density at radius 3 is 2.96 bits per heavy atom. The molecule has 2 unspecified atom stereocenters. The highest BCUT2D eigenvalue weighted by Crippen LogP contribution is 2.37. The maximum atomic E-state index is 6.11. The van der Waals surface area contributed by atoms with Crippen molar-refractivity contribution in [1.82, 2.24) is 9.97 Å². The van der Waals surface area contributed by atoms with Crippen LogP contribution >= 0.6 is 23.2 Å². The Balaban J connectivity index is 1.61. The summed E-state index contributed by atoms with van der Waals surface area (Å²) >= 11 is 11.9.